The van der Waals surface area contributed by atoms with E-state index in [1.807, 2.05) is 30.5 Å². The smallest absolute Gasteiger partial charge is 0.343 e. The van der Waals surface area contributed by atoms with Crippen LogP contribution in [0.3, 0.4) is 0 Å². The highest BCUT2D eigenvalue weighted by molar-refractivity contribution is 6.00. The maximum Gasteiger partial charge on any atom is 0.343 e. The van der Waals surface area contributed by atoms with Gasteiger partial charge in [0.15, 0.2) is 0 Å². The third-order valence-corrected chi connectivity index (χ3v) is 6.24. The number of fused-ring (bicyclic) bond motifs is 1. The van der Waals surface area contributed by atoms with Crippen molar-refractivity contribution in [3.8, 4) is 5.75 Å². The van der Waals surface area contributed by atoms with Crippen LogP contribution in [0.25, 0.3) is 17.0 Å². The van der Waals surface area contributed by atoms with E-state index in [0.717, 1.165) is 16.5 Å². The Balaban J connectivity index is 1.42. The summed E-state index contributed by atoms with van der Waals surface area (Å²) >= 11 is 0. The van der Waals surface area contributed by atoms with Crippen molar-refractivity contribution in [1.29, 1.82) is 5.41 Å². The van der Waals surface area contributed by atoms with Crippen molar-refractivity contribution >= 4 is 40.7 Å². The van der Waals surface area contributed by atoms with E-state index in [9.17, 15) is 14.4 Å². The highest BCUT2D eigenvalue weighted by Gasteiger charge is 2.24. The lowest BCUT2D eigenvalue weighted by atomic mass is 10.0. The van der Waals surface area contributed by atoms with Crippen molar-refractivity contribution < 1.29 is 23.9 Å². The van der Waals surface area contributed by atoms with Gasteiger partial charge in [-0.1, -0.05) is 30.3 Å². The first-order chi connectivity index (χ1) is 19.2. The summed E-state index contributed by atoms with van der Waals surface area (Å²) in [7, 11) is 0. The number of ether oxygens (including phenoxy) is 2. The Morgan fingerprint density at radius 3 is 2.35 bits per heavy atom. The molecule has 0 spiro atoms. The summed E-state index contributed by atoms with van der Waals surface area (Å²) in [4.78, 5) is 41.4. The summed E-state index contributed by atoms with van der Waals surface area (Å²) in [5, 5.41) is 11.2. The van der Waals surface area contributed by atoms with Crippen molar-refractivity contribution in [2.24, 2.45) is 5.73 Å². The Morgan fingerprint density at radius 2 is 1.68 bits per heavy atom. The van der Waals surface area contributed by atoms with Crippen LogP contribution in [0.1, 0.15) is 40.9 Å². The molecule has 4 rings (SSSR count). The van der Waals surface area contributed by atoms with Crippen LogP contribution in [0.4, 0.5) is 0 Å². The number of H-pyrrole nitrogens is 1. The van der Waals surface area contributed by atoms with E-state index in [1.54, 1.807) is 68.5 Å². The predicted octanol–water partition coefficient (Wildman–Crippen LogP) is 4.37. The standard InChI is InChI=1S/C31H30N4O5/c1-3-39-31(38)27(17-23-18-34-26-7-5-4-6-25(23)26)35-29(36)19(2)16-20-8-10-22(11-9-20)30(37)40-24-14-12-21(13-15-24)28(32)33/h4-16,18,27,34H,3,17H2,1-2H3,(H3,32,33)(H,35,36)/b19-16+/t27-/m0/s1. The molecule has 0 fully saturated rings. The van der Waals surface area contributed by atoms with Crippen molar-refractivity contribution in [2.75, 3.05) is 6.61 Å². The van der Waals surface area contributed by atoms with Crippen LogP contribution in [0, 0.1) is 5.41 Å². The summed E-state index contributed by atoms with van der Waals surface area (Å²) in [6.45, 7) is 3.57. The average molecular weight is 539 g/mol. The molecule has 1 aromatic heterocycles. The molecular weight excluding hydrogens is 508 g/mol. The molecule has 0 unspecified atom stereocenters. The monoisotopic (exact) mass is 538 g/mol. The van der Waals surface area contributed by atoms with Crippen molar-refractivity contribution in [3.63, 3.8) is 0 Å². The first-order valence-corrected chi connectivity index (χ1v) is 12.7. The molecule has 0 aliphatic carbocycles. The molecule has 204 valence electrons. The molecule has 1 atom stereocenters. The van der Waals surface area contributed by atoms with Crippen LogP contribution in [-0.4, -0.2) is 41.3 Å². The summed E-state index contributed by atoms with van der Waals surface area (Å²) in [5.41, 5.74) is 9.22. The van der Waals surface area contributed by atoms with Gasteiger partial charge >= 0.3 is 11.9 Å². The lowest BCUT2D eigenvalue weighted by Gasteiger charge is -2.17. The lowest BCUT2D eigenvalue weighted by Crippen LogP contribution is -2.43. The number of amides is 1. The molecule has 5 N–H and O–H groups in total. The van der Waals surface area contributed by atoms with Gasteiger partial charge in [0.1, 0.15) is 17.6 Å². The Labute approximate surface area is 231 Å². The molecule has 0 saturated carbocycles. The topological polar surface area (TPSA) is 147 Å². The van der Waals surface area contributed by atoms with Gasteiger partial charge in [0, 0.05) is 34.7 Å². The lowest BCUT2D eigenvalue weighted by molar-refractivity contribution is -0.147. The molecule has 1 heterocycles. The van der Waals surface area contributed by atoms with Gasteiger partial charge in [-0.15, -0.1) is 0 Å². The number of carbonyl (C=O) groups excluding carboxylic acids is 3. The zero-order valence-electron chi connectivity index (χ0n) is 22.2. The molecule has 0 aliphatic rings. The molecule has 0 bridgehead atoms. The van der Waals surface area contributed by atoms with E-state index in [1.165, 1.54) is 0 Å². The summed E-state index contributed by atoms with van der Waals surface area (Å²) < 4.78 is 10.6. The number of para-hydroxylation sites is 1. The van der Waals surface area contributed by atoms with E-state index < -0.39 is 23.9 Å². The molecule has 4 aromatic rings. The largest absolute Gasteiger partial charge is 0.464 e. The van der Waals surface area contributed by atoms with Gasteiger partial charge < -0.3 is 25.5 Å². The summed E-state index contributed by atoms with van der Waals surface area (Å²) in [6, 6.07) is 19.8. The molecule has 9 nitrogen and oxygen atoms in total. The minimum Gasteiger partial charge on any atom is -0.464 e. The van der Waals surface area contributed by atoms with E-state index in [-0.39, 0.29) is 18.9 Å². The molecule has 0 aliphatic heterocycles. The zero-order chi connectivity index (χ0) is 28.6. The van der Waals surface area contributed by atoms with Gasteiger partial charge in [-0.2, -0.15) is 0 Å². The predicted molar refractivity (Wildman–Crippen MR) is 153 cm³/mol. The second-order valence-electron chi connectivity index (χ2n) is 9.12. The number of nitrogen functional groups attached to an aromatic ring is 1. The van der Waals surface area contributed by atoms with Crippen molar-refractivity contribution in [3.05, 3.63) is 107 Å². The molecule has 9 heteroatoms. The van der Waals surface area contributed by atoms with Gasteiger partial charge in [0.05, 0.1) is 12.2 Å². The number of benzene rings is 3. The van der Waals surface area contributed by atoms with E-state index in [0.29, 0.717) is 28.0 Å². The number of aromatic nitrogens is 1. The second-order valence-corrected chi connectivity index (χ2v) is 9.12. The third kappa shape index (κ3) is 6.82. The van der Waals surface area contributed by atoms with Crippen LogP contribution in [0.15, 0.2) is 84.6 Å². The number of rotatable bonds is 10. The van der Waals surface area contributed by atoms with Gasteiger partial charge in [0.2, 0.25) is 5.91 Å². The Morgan fingerprint density at radius 1 is 1.00 bits per heavy atom. The number of nitrogens with one attached hydrogen (secondary N) is 3. The molecule has 0 radical (unpaired) electrons. The minimum atomic E-state index is -0.864. The van der Waals surface area contributed by atoms with Gasteiger partial charge in [0.25, 0.3) is 0 Å². The van der Waals surface area contributed by atoms with E-state index in [4.69, 9.17) is 20.6 Å². The van der Waals surface area contributed by atoms with Crippen LogP contribution in [0.2, 0.25) is 0 Å². The fourth-order valence-electron chi connectivity index (χ4n) is 4.13. The van der Waals surface area contributed by atoms with Crippen LogP contribution in [0.5, 0.6) is 5.75 Å². The number of aromatic amines is 1. The number of hydrogen-bond acceptors (Lipinski definition) is 6. The van der Waals surface area contributed by atoms with Crippen LogP contribution in [-0.2, 0) is 20.7 Å². The average Bonchev–Trinajstić information content (AvgIpc) is 3.36. The van der Waals surface area contributed by atoms with Gasteiger partial charge in [-0.05, 0) is 73.5 Å². The minimum absolute atomic E-state index is 0.0730. The third-order valence-electron chi connectivity index (χ3n) is 6.24. The quantitative estimate of drug-likeness (QED) is 0.0775. The van der Waals surface area contributed by atoms with Gasteiger partial charge in [-0.25, -0.2) is 9.59 Å². The van der Waals surface area contributed by atoms with Gasteiger partial charge in [-0.3, -0.25) is 10.2 Å². The first-order valence-electron chi connectivity index (χ1n) is 12.7. The summed E-state index contributed by atoms with van der Waals surface area (Å²) in [6.07, 6.45) is 3.77. The maximum atomic E-state index is 13.0. The number of hydrogen-bond donors (Lipinski definition) is 4. The van der Waals surface area contributed by atoms with Crippen molar-refractivity contribution in [1.82, 2.24) is 10.3 Å². The van der Waals surface area contributed by atoms with Crippen LogP contribution < -0.4 is 15.8 Å². The highest BCUT2D eigenvalue weighted by atomic mass is 16.5. The Hall–Kier alpha value is -5.18. The molecule has 0 saturated heterocycles. The van der Waals surface area contributed by atoms with E-state index in [2.05, 4.69) is 10.3 Å². The normalized spacial score (nSPS) is 12.0. The zero-order valence-corrected chi connectivity index (χ0v) is 22.2. The number of esters is 2. The fourth-order valence-corrected chi connectivity index (χ4v) is 4.13. The van der Waals surface area contributed by atoms with Crippen LogP contribution >= 0.6 is 0 Å². The highest BCUT2D eigenvalue weighted by Crippen LogP contribution is 2.20. The molecule has 1 amide bonds. The summed E-state index contributed by atoms with van der Waals surface area (Å²) in [5.74, 6) is -1.20. The maximum absolute atomic E-state index is 13.0. The molecule has 3 aromatic carbocycles. The Kier molecular flexibility index (Phi) is 8.75. The molecule has 40 heavy (non-hydrogen) atoms. The second kappa shape index (κ2) is 12.6. The van der Waals surface area contributed by atoms with E-state index >= 15 is 0 Å². The number of amidine groups is 1. The first kappa shape index (κ1) is 27.8. The Bertz CT molecular complexity index is 1570. The SMILES string of the molecule is CCOC(=O)[C@H](Cc1c[nH]c2ccccc12)NC(=O)/C(C)=C/c1ccc(C(=O)Oc2ccc(C(=N)N)cc2)cc1. The number of carbonyl (C=O) groups is 3. The fraction of sp³-hybridized carbons (Fsp3) is 0.161. The number of nitrogens with two attached hydrogens (primary N) is 1. The molecular formula is C31H30N4O5. The van der Waals surface area contributed by atoms with Crippen molar-refractivity contribution in [2.45, 2.75) is 26.3 Å².